The van der Waals surface area contributed by atoms with Gasteiger partial charge in [-0.05, 0) is 38.0 Å². The van der Waals surface area contributed by atoms with Crippen LogP contribution in [0.25, 0.3) is 0 Å². The van der Waals surface area contributed by atoms with E-state index in [9.17, 15) is 4.79 Å². The van der Waals surface area contributed by atoms with Crippen LogP contribution in [0.2, 0.25) is 0 Å². The highest BCUT2D eigenvalue weighted by atomic mass is 127. The number of nitrogens with zero attached hydrogens (tertiary/aromatic N) is 1. The molecule has 0 rings (SSSR count). The largest absolute Gasteiger partial charge is 0.396 e. The van der Waals surface area contributed by atoms with Crippen molar-refractivity contribution >= 4 is 35.8 Å². The smallest absolute Gasteiger partial charge is 0.221 e. The van der Waals surface area contributed by atoms with Crippen molar-refractivity contribution in [3.63, 3.8) is 0 Å². The minimum absolute atomic E-state index is 0. The van der Waals surface area contributed by atoms with Gasteiger partial charge in [0.15, 0.2) is 5.96 Å². The number of rotatable bonds is 12. The molecule has 0 aliphatic heterocycles. The molecule has 1 amide bonds. The molecule has 0 aromatic heterocycles. The molecule has 1 unspecified atom stereocenters. The van der Waals surface area contributed by atoms with Crippen molar-refractivity contribution < 1.29 is 9.90 Å². The van der Waals surface area contributed by atoms with Gasteiger partial charge in [0.1, 0.15) is 0 Å². The Balaban J connectivity index is 0. The van der Waals surface area contributed by atoms with Crippen molar-refractivity contribution in [2.75, 3.05) is 32.8 Å². The molecule has 0 saturated carbocycles. The van der Waals surface area contributed by atoms with Crippen LogP contribution in [0.15, 0.2) is 4.99 Å². The molecular formula is C17H37IN4O2. The minimum Gasteiger partial charge on any atom is -0.396 e. The molecule has 0 aliphatic rings. The van der Waals surface area contributed by atoms with Crippen LogP contribution < -0.4 is 16.0 Å². The van der Waals surface area contributed by atoms with Gasteiger partial charge in [0.25, 0.3) is 0 Å². The van der Waals surface area contributed by atoms with Crippen molar-refractivity contribution in [1.82, 2.24) is 16.0 Å². The standard InChI is InChI=1S/C17H36N4O2.HI/c1-5-9-19-16(23)7-10-20-17(18-6-2)21-13-15(8-11-22)12-14(3)4;/h14-15,22H,5-13H2,1-4H3,(H,19,23)(H2,18,20,21);1H. The van der Waals surface area contributed by atoms with Crippen LogP contribution in [0.3, 0.4) is 0 Å². The fourth-order valence-corrected chi connectivity index (χ4v) is 2.34. The first-order valence-electron chi connectivity index (χ1n) is 8.93. The van der Waals surface area contributed by atoms with Gasteiger partial charge in [-0.25, -0.2) is 0 Å². The van der Waals surface area contributed by atoms with Gasteiger partial charge in [-0.15, -0.1) is 24.0 Å². The zero-order valence-corrected chi connectivity index (χ0v) is 18.1. The van der Waals surface area contributed by atoms with Crippen LogP contribution in [0.4, 0.5) is 0 Å². The number of nitrogens with one attached hydrogen (secondary N) is 3. The highest BCUT2D eigenvalue weighted by molar-refractivity contribution is 14.0. The Kier molecular flexibility index (Phi) is 18.5. The summed E-state index contributed by atoms with van der Waals surface area (Å²) in [5.74, 6) is 1.79. The molecule has 0 saturated heterocycles. The summed E-state index contributed by atoms with van der Waals surface area (Å²) >= 11 is 0. The van der Waals surface area contributed by atoms with Crippen LogP contribution in [-0.2, 0) is 4.79 Å². The van der Waals surface area contributed by atoms with Crippen LogP contribution in [0, 0.1) is 11.8 Å². The maximum Gasteiger partial charge on any atom is 0.221 e. The summed E-state index contributed by atoms with van der Waals surface area (Å²) in [6, 6.07) is 0. The molecule has 0 radical (unpaired) electrons. The first kappa shape index (κ1) is 25.7. The zero-order valence-electron chi connectivity index (χ0n) is 15.7. The maximum atomic E-state index is 11.6. The second-order valence-electron chi connectivity index (χ2n) is 6.25. The predicted molar refractivity (Wildman–Crippen MR) is 112 cm³/mol. The number of amides is 1. The van der Waals surface area contributed by atoms with Crippen molar-refractivity contribution in [2.24, 2.45) is 16.8 Å². The van der Waals surface area contributed by atoms with Gasteiger partial charge >= 0.3 is 0 Å². The van der Waals surface area contributed by atoms with Gasteiger partial charge in [-0.1, -0.05) is 20.8 Å². The molecule has 7 heteroatoms. The third kappa shape index (κ3) is 15.0. The second kappa shape index (κ2) is 17.3. The summed E-state index contributed by atoms with van der Waals surface area (Å²) in [6.07, 6.45) is 3.23. The van der Waals surface area contributed by atoms with Crippen molar-refractivity contribution in [2.45, 2.75) is 53.4 Å². The molecule has 6 nitrogen and oxygen atoms in total. The molecular weight excluding hydrogens is 419 g/mol. The minimum atomic E-state index is 0. The topological polar surface area (TPSA) is 85.8 Å². The average Bonchev–Trinajstić information content (AvgIpc) is 2.50. The number of halogens is 1. The van der Waals surface area contributed by atoms with Crippen molar-refractivity contribution in [3.05, 3.63) is 0 Å². The fraction of sp³-hybridized carbons (Fsp3) is 0.882. The maximum absolute atomic E-state index is 11.6. The number of guanidine groups is 1. The van der Waals surface area contributed by atoms with E-state index in [1.54, 1.807) is 0 Å². The molecule has 0 bridgehead atoms. The summed E-state index contributed by atoms with van der Waals surface area (Å²) in [5.41, 5.74) is 0. The van der Waals surface area contributed by atoms with Gasteiger partial charge in [0.2, 0.25) is 5.91 Å². The molecule has 0 aromatic carbocycles. The summed E-state index contributed by atoms with van der Waals surface area (Å²) < 4.78 is 0. The van der Waals surface area contributed by atoms with Crippen molar-refractivity contribution in [3.8, 4) is 0 Å². The Labute approximate surface area is 164 Å². The first-order valence-corrected chi connectivity index (χ1v) is 8.93. The second-order valence-corrected chi connectivity index (χ2v) is 6.25. The van der Waals surface area contributed by atoms with Crippen molar-refractivity contribution in [1.29, 1.82) is 0 Å². The number of hydrogen-bond acceptors (Lipinski definition) is 3. The number of aliphatic hydroxyl groups excluding tert-OH is 1. The molecule has 4 N–H and O–H groups in total. The lowest BCUT2D eigenvalue weighted by atomic mass is 9.94. The summed E-state index contributed by atoms with van der Waals surface area (Å²) in [5, 5.41) is 18.4. The summed E-state index contributed by atoms with van der Waals surface area (Å²) in [7, 11) is 0. The SMILES string of the molecule is CCCNC(=O)CCNC(=NCC(CCO)CC(C)C)NCC.I. The molecule has 144 valence electrons. The van der Waals surface area contributed by atoms with E-state index in [4.69, 9.17) is 5.11 Å². The van der Waals surface area contributed by atoms with E-state index in [2.05, 4.69) is 34.8 Å². The quantitative estimate of drug-likeness (QED) is 0.206. The molecule has 24 heavy (non-hydrogen) atoms. The number of carbonyl (C=O) groups is 1. The lowest BCUT2D eigenvalue weighted by Gasteiger charge is -2.17. The monoisotopic (exact) mass is 456 g/mol. The normalized spacial score (nSPS) is 12.5. The van der Waals surface area contributed by atoms with E-state index >= 15 is 0 Å². The lowest BCUT2D eigenvalue weighted by Crippen LogP contribution is -2.39. The third-order valence-electron chi connectivity index (χ3n) is 3.41. The van der Waals surface area contributed by atoms with Crippen LogP contribution in [0.1, 0.15) is 53.4 Å². The Hall–Kier alpha value is -0.570. The van der Waals surface area contributed by atoms with E-state index in [1.807, 2.05) is 13.8 Å². The molecule has 0 fully saturated rings. The van der Waals surface area contributed by atoms with Crippen LogP contribution in [0.5, 0.6) is 0 Å². The van der Waals surface area contributed by atoms with Gasteiger partial charge in [0.05, 0.1) is 0 Å². The Morgan fingerprint density at radius 3 is 2.38 bits per heavy atom. The predicted octanol–water partition coefficient (Wildman–Crippen LogP) is 2.12. The van der Waals surface area contributed by atoms with Gasteiger partial charge in [0, 0.05) is 39.2 Å². The van der Waals surface area contributed by atoms with Gasteiger partial charge < -0.3 is 21.1 Å². The lowest BCUT2D eigenvalue weighted by molar-refractivity contribution is -0.120. The number of carbonyl (C=O) groups excluding carboxylic acids is 1. The highest BCUT2D eigenvalue weighted by Gasteiger charge is 2.10. The Bertz CT molecular complexity index is 339. The summed E-state index contributed by atoms with van der Waals surface area (Å²) in [4.78, 5) is 16.2. The molecule has 1 atom stereocenters. The average molecular weight is 456 g/mol. The zero-order chi connectivity index (χ0) is 17.5. The number of hydrogen-bond donors (Lipinski definition) is 4. The van der Waals surface area contributed by atoms with E-state index < -0.39 is 0 Å². The van der Waals surface area contributed by atoms with Gasteiger partial charge in [-0.3, -0.25) is 9.79 Å². The highest BCUT2D eigenvalue weighted by Crippen LogP contribution is 2.15. The van der Waals surface area contributed by atoms with Gasteiger partial charge in [-0.2, -0.15) is 0 Å². The van der Waals surface area contributed by atoms with E-state index in [0.717, 1.165) is 38.3 Å². The van der Waals surface area contributed by atoms with E-state index in [1.165, 1.54) is 0 Å². The third-order valence-corrected chi connectivity index (χ3v) is 3.41. The number of aliphatic hydroxyl groups is 1. The first-order chi connectivity index (χ1) is 11.0. The van der Waals surface area contributed by atoms with Crippen LogP contribution >= 0.6 is 24.0 Å². The Morgan fingerprint density at radius 1 is 1.12 bits per heavy atom. The summed E-state index contributed by atoms with van der Waals surface area (Å²) in [6.45, 7) is 11.4. The molecule has 0 heterocycles. The Morgan fingerprint density at radius 2 is 1.83 bits per heavy atom. The molecule has 0 spiro atoms. The molecule has 0 aliphatic carbocycles. The van der Waals surface area contributed by atoms with E-state index in [0.29, 0.717) is 31.3 Å². The van der Waals surface area contributed by atoms with Crippen LogP contribution in [-0.4, -0.2) is 49.8 Å². The fourth-order valence-electron chi connectivity index (χ4n) is 2.34. The number of aliphatic imine (C=N–C) groups is 1. The van der Waals surface area contributed by atoms with E-state index in [-0.39, 0.29) is 36.5 Å². The molecule has 0 aromatic rings.